The van der Waals surface area contributed by atoms with E-state index in [9.17, 15) is 0 Å². The van der Waals surface area contributed by atoms with Gasteiger partial charge in [-0.1, -0.05) is 109 Å². The quantitative estimate of drug-likeness (QED) is 0.190. The molecule has 0 heterocycles. The third-order valence-electron chi connectivity index (χ3n) is 8.69. The molecular formula is C42H32N2. The summed E-state index contributed by atoms with van der Waals surface area (Å²) < 4.78 is 0. The standard InChI is InChI=1S/C42H32N2/c1-3-15-37(16-4-1)43(41-27-33-11-7-8-12-34(33)28-41)39-23-19-31(20-24-39)32-21-25-40(26-22-32)44(38-17-5-2-6-18-38)42-29-35-13-9-10-14-36(35)30-42/h1-27,29H,28,30H2. The smallest absolute Gasteiger partial charge is 0.0458 e. The molecule has 0 bridgehead atoms. The highest BCUT2D eigenvalue weighted by Gasteiger charge is 2.22. The molecule has 2 aliphatic carbocycles. The van der Waals surface area contributed by atoms with Crippen molar-refractivity contribution in [3.63, 3.8) is 0 Å². The molecule has 44 heavy (non-hydrogen) atoms. The Labute approximate surface area is 259 Å². The molecule has 0 unspecified atom stereocenters. The minimum absolute atomic E-state index is 0.924. The maximum absolute atomic E-state index is 2.39. The van der Waals surface area contributed by atoms with E-state index in [2.05, 4.69) is 180 Å². The van der Waals surface area contributed by atoms with Crippen molar-refractivity contribution in [1.82, 2.24) is 0 Å². The normalized spacial score (nSPS) is 13.1. The van der Waals surface area contributed by atoms with Gasteiger partial charge in [-0.2, -0.15) is 0 Å². The Bertz CT molecular complexity index is 1840. The molecule has 2 nitrogen and oxygen atoms in total. The number of nitrogens with zero attached hydrogens (tertiary/aromatic N) is 2. The molecule has 6 aromatic carbocycles. The Morgan fingerprint density at radius 3 is 1.05 bits per heavy atom. The van der Waals surface area contributed by atoms with Crippen molar-refractivity contribution in [2.75, 3.05) is 9.80 Å². The first kappa shape index (κ1) is 26.1. The van der Waals surface area contributed by atoms with Crippen LogP contribution in [0, 0.1) is 0 Å². The van der Waals surface area contributed by atoms with Crippen molar-refractivity contribution in [3.05, 3.63) is 191 Å². The molecule has 0 radical (unpaired) electrons. The zero-order chi connectivity index (χ0) is 29.3. The second-order valence-corrected chi connectivity index (χ2v) is 11.5. The zero-order valence-electron chi connectivity index (χ0n) is 24.5. The monoisotopic (exact) mass is 564 g/mol. The van der Waals surface area contributed by atoms with Gasteiger partial charge in [-0.05, 0) is 94.1 Å². The third-order valence-corrected chi connectivity index (χ3v) is 8.69. The molecule has 0 aromatic heterocycles. The zero-order valence-corrected chi connectivity index (χ0v) is 24.5. The molecule has 2 heteroatoms. The lowest BCUT2D eigenvalue weighted by molar-refractivity contribution is 1.08. The molecule has 0 amide bonds. The van der Waals surface area contributed by atoms with E-state index in [-0.39, 0.29) is 0 Å². The van der Waals surface area contributed by atoms with Crippen LogP contribution in [0.15, 0.2) is 169 Å². The maximum atomic E-state index is 2.39. The minimum atomic E-state index is 0.924. The van der Waals surface area contributed by atoms with Gasteiger partial charge in [-0.25, -0.2) is 0 Å². The van der Waals surface area contributed by atoms with Gasteiger partial charge in [0.1, 0.15) is 0 Å². The van der Waals surface area contributed by atoms with Crippen LogP contribution in [0.5, 0.6) is 0 Å². The average Bonchev–Trinajstić information content (AvgIpc) is 3.71. The summed E-state index contributed by atoms with van der Waals surface area (Å²) in [6.07, 6.45) is 6.50. The predicted molar refractivity (Wildman–Crippen MR) is 185 cm³/mol. The van der Waals surface area contributed by atoms with Crippen LogP contribution in [0.25, 0.3) is 23.3 Å². The summed E-state index contributed by atoms with van der Waals surface area (Å²) in [6.45, 7) is 0. The van der Waals surface area contributed by atoms with Crippen molar-refractivity contribution < 1.29 is 0 Å². The lowest BCUT2D eigenvalue weighted by Gasteiger charge is -2.27. The van der Waals surface area contributed by atoms with Crippen LogP contribution in [0.2, 0.25) is 0 Å². The Morgan fingerprint density at radius 1 is 0.318 bits per heavy atom. The molecule has 0 saturated heterocycles. The Balaban J connectivity index is 1.09. The van der Waals surface area contributed by atoms with Crippen LogP contribution in [-0.2, 0) is 12.8 Å². The van der Waals surface area contributed by atoms with E-state index in [4.69, 9.17) is 0 Å². The molecular weight excluding hydrogens is 532 g/mol. The summed E-state index contributed by atoms with van der Waals surface area (Å²) in [7, 11) is 0. The minimum Gasteiger partial charge on any atom is -0.314 e. The molecule has 0 fully saturated rings. The van der Waals surface area contributed by atoms with E-state index >= 15 is 0 Å². The topological polar surface area (TPSA) is 6.48 Å². The van der Waals surface area contributed by atoms with E-state index in [0.29, 0.717) is 0 Å². The number of anilines is 4. The molecule has 0 aliphatic heterocycles. The highest BCUT2D eigenvalue weighted by Crippen LogP contribution is 2.39. The molecule has 6 aromatic rings. The summed E-state index contributed by atoms with van der Waals surface area (Å²) in [4.78, 5) is 4.77. The summed E-state index contributed by atoms with van der Waals surface area (Å²) in [6, 6.07) is 56.7. The number of fused-ring (bicyclic) bond motifs is 2. The van der Waals surface area contributed by atoms with Gasteiger partial charge >= 0.3 is 0 Å². The van der Waals surface area contributed by atoms with Crippen molar-refractivity contribution in [3.8, 4) is 11.1 Å². The number of hydrogen-bond acceptors (Lipinski definition) is 2. The van der Waals surface area contributed by atoms with Crippen LogP contribution in [0.3, 0.4) is 0 Å². The predicted octanol–water partition coefficient (Wildman–Crippen LogP) is 10.8. The van der Waals surface area contributed by atoms with Crippen molar-refractivity contribution in [2.24, 2.45) is 0 Å². The Morgan fingerprint density at radius 2 is 0.659 bits per heavy atom. The van der Waals surface area contributed by atoms with Crippen LogP contribution in [-0.4, -0.2) is 0 Å². The van der Waals surface area contributed by atoms with Crippen molar-refractivity contribution in [1.29, 1.82) is 0 Å². The first-order valence-electron chi connectivity index (χ1n) is 15.3. The molecule has 0 atom stereocenters. The van der Waals surface area contributed by atoms with E-state index in [0.717, 1.165) is 12.8 Å². The highest BCUT2D eigenvalue weighted by molar-refractivity contribution is 5.80. The van der Waals surface area contributed by atoms with Gasteiger partial charge in [-0.15, -0.1) is 0 Å². The van der Waals surface area contributed by atoms with Gasteiger partial charge in [-0.3, -0.25) is 0 Å². The van der Waals surface area contributed by atoms with Gasteiger partial charge in [0, 0.05) is 47.0 Å². The summed E-state index contributed by atoms with van der Waals surface area (Å²) in [5, 5.41) is 0. The average molecular weight is 565 g/mol. The SMILES string of the molecule is C1=C(N(c2ccccc2)c2ccc(-c3ccc(N(C4=Cc5ccccc5C4)c4ccccc4)cc3)cc2)Cc2ccccc21. The van der Waals surface area contributed by atoms with Crippen LogP contribution >= 0.6 is 0 Å². The second kappa shape index (κ2) is 11.2. The van der Waals surface area contributed by atoms with Crippen molar-refractivity contribution in [2.45, 2.75) is 12.8 Å². The van der Waals surface area contributed by atoms with Gasteiger partial charge in [0.15, 0.2) is 0 Å². The third kappa shape index (κ3) is 4.91. The Hall–Kier alpha value is -5.60. The molecule has 210 valence electrons. The van der Waals surface area contributed by atoms with Gasteiger partial charge < -0.3 is 9.80 Å². The molecule has 0 spiro atoms. The van der Waals surface area contributed by atoms with Gasteiger partial charge in [0.05, 0.1) is 0 Å². The molecule has 8 rings (SSSR count). The van der Waals surface area contributed by atoms with Gasteiger partial charge in [0.2, 0.25) is 0 Å². The largest absolute Gasteiger partial charge is 0.314 e. The van der Waals surface area contributed by atoms with E-state index in [1.165, 1.54) is 67.5 Å². The highest BCUT2D eigenvalue weighted by atomic mass is 15.2. The Kier molecular flexibility index (Phi) is 6.66. The molecule has 0 saturated carbocycles. The van der Waals surface area contributed by atoms with E-state index < -0.39 is 0 Å². The molecule has 2 aliphatic rings. The number of rotatable bonds is 7. The number of benzene rings is 6. The molecule has 0 N–H and O–H groups in total. The summed E-state index contributed by atoms with van der Waals surface area (Å²) in [5.41, 5.74) is 15.0. The summed E-state index contributed by atoms with van der Waals surface area (Å²) in [5.74, 6) is 0. The van der Waals surface area contributed by atoms with E-state index in [1.54, 1.807) is 0 Å². The fourth-order valence-electron chi connectivity index (χ4n) is 6.53. The van der Waals surface area contributed by atoms with Crippen LogP contribution in [0.4, 0.5) is 22.7 Å². The number of allylic oxidation sites excluding steroid dienone is 2. The summed E-state index contributed by atoms with van der Waals surface area (Å²) >= 11 is 0. The fourth-order valence-corrected chi connectivity index (χ4v) is 6.53. The number of hydrogen-bond donors (Lipinski definition) is 0. The lowest BCUT2D eigenvalue weighted by Crippen LogP contribution is -2.16. The number of para-hydroxylation sites is 2. The first-order chi connectivity index (χ1) is 21.8. The van der Waals surface area contributed by atoms with Crippen LogP contribution in [0.1, 0.15) is 22.3 Å². The lowest BCUT2D eigenvalue weighted by atomic mass is 10.0. The van der Waals surface area contributed by atoms with Crippen molar-refractivity contribution >= 4 is 34.9 Å². The first-order valence-corrected chi connectivity index (χ1v) is 15.3. The maximum Gasteiger partial charge on any atom is 0.0458 e. The fraction of sp³-hybridized carbons (Fsp3) is 0.0476. The van der Waals surface area contributed by atoms with Gasteiger partial charge in [0.25, 0.3) is 0 Å². The van der Waals surface area contributed by atoms with Crippen LogP contribution < -0.4 is 9.80 Å². The van der Waals surface area contributed by atoms with E-state index in [1.807, 2.05) is 0 Å². The second-order valence-electron chi connectivity index (χ2n) is 11.5.